The van der Waals surface area contributed by atoms with Gasteiger partial charge in [0.1, 0.15) is 22.9 Å². The molecule has 2 rings (SSSR count). The monoisotopic (exact) mass is 296 g/mol. The molecule has 0 unspecified atom stereocenters. The number of hydrogen-bond donors (Lipinski definition) is 2. The molecule has 0 saturated heterocycles. The van der Waals surface area contributed by atoms with E-state index in [1.54, 1.807) is 13.0 Å². The standard InChI is InChI=1S/C15H15F3N2O/c1-8-4-5-11(9(16)6-8)20-15-13(18)10(17)7-12(21-3)14(15)19-2/h4-7,19-20H,1-3H3. The van der Waals surface area contributed by atoms with Crippen LogP contribution in [0.25, 0.3) is 0 Å². The summed E-state index contributed by atoms with van der Waals surface area (Å²) < 4.78 is 46.5. The van der Waals surface area contributed by atoms with E-state index in [1.165, 1.54) is 26.3 Å². The van der Waals surface area contributed by atoms with E-state index in [9.17, 15) is 13.2 Å². The topological polar surface area (TPSA) is 33.3 Å². The summed E-state index contributed by atoms with van der Waals surface area (Å²) in [7, 11) is 2.87. The number of anilines is 3. The molecule has 0 heterocycles. The quantitative estimate of drug-likeness (QED) is 0.887. The Kier molecular flexibility index (Phi) is 4.26. The van der Waals surface area contributed by atoms with Crippen LogP contribution >= 0.6 is 0 Å². The predicted octanol–water partition coefficient (Wildman–Crippen LogP) is 4.21. The number of rotatable bonds is 4. The van der Waals surface area contributed by atoms with Crippen molar-refractivity contribution in [2.24, 2.45) is 0 Å². The molecule has 2 N–H and O–H groups in total. The van der Waals surface area contributed by atoms with Crippen molar-refractivity contribution in [1.29, 1.82) is 0 Å². The van der Waals surface area contributed by atoms with E-state index in [0.29, 0.717) is 0 Å². The summed E-state index contributed by atoms with van der Waals surface area (Å²) in [5.74, 6) is -2.63. The number of aryl methyl sites for hydroxylation is 1. The zero-order valence-corrected chi connectivity index (χ0v) is 11.9. The first kappa shape index (κ1) is 15.0. The molecule has 0 atom stereocenters. The Hall–Kier alpha value is -2.37. The molecule has 112 valence electrons. The van der Waals surface area contributed by atoms with Crippen molar-refractivity contribution in [3.8, 4) is 5.75 Å². The molecule has 2 aromatic rings. The van der Waals surface area contributed by atoms with Gasteiger partial charge in [0.2, 0.25) is 0 Å². The molecule has 0 aromatic heterocycles. The van der Waals surface area contributed by atoms with Gasteiger partial charge in [-0.05, 0) is 24.6 Å². The Labute approximate surface area is 120 Å². The molecule has 0 aliphatic heterocycles. The summed E-state index contributed by atoms with van der Waals surface area (Å²) >= 11 is 0. The van der Waals surface area contributed by atoms with Gasteiger partial charge in [-0.2, -0.15) is 0 Å². The lowest BCUT2D eigenvalue weighted by Crippen LogP contribution is -2.05. The highest BCUT2D eigenvalue weighted by molar-refractivity contribution is 5.80. The van der Waals surface area contributed by atoms with E-state index in [1.807, 2.05) is 0 Å². The summed E-state index contributed by atoms with van der Waals surface area (Å²) in [5, 5.41) is 5.29. The molecular weight excluding hydrogens is 281 g/mol. The van der Waals surface area contributed by atoms with Gasteiger partial charge in [0.15, 0.2) is 11.6 Å². The minimum absolute atomic E-state index is 0.0450. The van der Waals surface area contributed by atoms with E-state index in [-0.39, 0.29) is 22.8 Å². The van der Waals surface area contributed by atoms with Crippen LogP contribution in [0.1, 0.15) is 5.56 Å². The molecule has 0 aliphatic carbocycles. The van der Waals surface area contributed by atoms with Gasteiger partial charge in [0.25, 0.3) is 0 Å². The minimum Gasteiger partial charge on any atom is -0.494 e. The average Bonchev–Trinajstić information content (AvgIpc) is 2.46. The smallest absolute Gasteiger partial charge is 0.184 e. The SMILES string of the molecule is CNc1c(OC)cc(F)c(F)c1Nc1ccc(C)cc1F. The molecule has 6 heteroatoms. The average molecular weight is 296 g/mol. The molecule has 3 nitrogen and oxygen atoms in total. The van der Waals surface area contributed by atoms with Crippen molar-refractivity contribution >= 4 is 17.1 Å². The number of halogens is 3. The fraction of sp³-hybridized carbons (Fsp3) is 0.200. The predicted molar refractivity (Wildman–Crippen MR) is 76.9 cm³/mol. The summed E-state index contributed by atoms with van der Waals surface area (Å²) in [6.45, 7) is 1.73. The Morgan fingerprint density at radius 3 is 2.29 bits per heavy atom. The fourth-order valence-corrected chi connectivity index (χ4v) is 1.99. The van der Waals surface area contributed by atoms with Crippen molar-refractivity contribution < 1.29 is 17.9 Å². The Balaban J connectivity index is 2.54. The van der Waals surface area contributed by atoms with Crippen LogP contribution in [0.15, 0.2) is 24.3 Å². The lowest BCUT2D eigenvalue weighted by Gasteiger charge is -2.17. The molecule has 2 aromatic carbocycles. The Bertz CT molecular complexity index is 674. The highest BCUT2D eigenvalue weighted by atomic mass is 19.2. The van der Waals surface area contributed by atoms with E-state index in [4.69, 9.17) is 4.74 Å². The van der Waals surface area contributed by atoms with Gasteiger partial charge in [0.05, 0.1) is 12.8 Å². The van der Waals surface area contributed by atoms with Crippen LogP contribution in [0, 0.1) is 24.4 Å². The second kappa shape index (κ2) is 5.95. The molecule has 0 aliphatic rings. The normalized spacial score (nSPS) is 10.4. The van der Waals surface area contributed by atoms with Crippen LogP contribution < -0.4 is 15.4 Å². The van der Waals surface area contributed by atoms with Gasteiger partial charge in [-0.1, -0.05) is 6.07 Å². The molecule has 0 radical (unpaired) electrons. The highest BCUT2D eigenvalue weighted by Gasteiger charge is 2.19. The van der Waals surface area contributed by atoms with E-state index < -0.39 is 17.5 Å². The molecule has 0 bridgehead atoms. The maximum atomic E-state index is 14.0. The van der Waals surface area contributed by atoms with Crippen molar-refractivity contribution in [2.75, 3.05) is 24.8 Å². The number of hydrogen-bond acceptors (Lipinski definition) is 3. The second-order valence-corrected chi connectivity index (χ2v) is 4.48. The molecular formula is C15H15F3N2O. The third-order valence-corrected chi connectivity index (χ3v) is 3.04. The third kappa shape index (κ3) is 2.89. The van der Waals surface area contributed by atoms with Crippen LogP contribution in [0.2, 0.25) is 0 Å². The van der Waals surface area contributed by atoms with Crippen LogP contribution in [0.4, 0.5) is 30.2 Å². The Morgan fingerprint density at radius 1 is 1.00 bits per heavy atom. The van der Waals surface area contributed by atoms with Crippen molar-refractivity contribution in [3.63, 3.8) is 0 Å². The minimum atomic E-state index is -1.11. The van der Waals surface area contributed by atoms with Crippen molar-refractivity contribution in [1.82, 2.24) is 0 Å². The lowest BCUT2D eigenvalue weighted by atomic mass is 10.2. The van der Waals surface area contributed by atoms with Crippen LogP contribution in [0.5, 0.6) is 5.75 Å². The van der Waals surface area contributed by atoms with Gasteiger partial charge in [-0.15, -0.1) is 0 Å². The van der Waals surface area contributed by atoms with Gasteiger partial charge in [-0.25, -0.2) is 13.2 Å². The first-order valence-corrected chi connectivity index (χ1v) is 6.24. The summed E-state index contributed by atoms with van der Waals surface area (Å²) in [6.07, 6.45) is 0. The summed E-state index contributed by atoms with van der Waals surface area (Å²) in [6, 6.07) is 5.35. The summed E-state index contributed by atoms with van der Waals surface area (Å²) in [5.41, 5.74) is 0.765. The van der Waals surface area contributed by atoms with Gasteiger partial charge in [-0.3, -0.25) is 0 Å². The fourth-order valence-electron chi connectivity index (χ4n) is 1.99. The number of ether oxygens (including phenoxy) is 1. The van der Waals surface area contributed by atoms with Crippen LogP contribution in [-0.2, 0) is 0 Å². The maximum absolute atomic E-state index is 14.0. The number of benzene rings is 2. The van der Waals surface area contributed by atoms with Crippen LogP contribution in [-0.4, -0.2) is 14.2 Å². The first-order valence-electron chi connectivity index (χ1n) is 6.24. The van der Waals surface area contributed by atoms with Crippen molar-refractivity contribution in [3.05, 3.63) is 47.3 Å². The molecule has 0 saturated carbocycles. The Morgan fingerprint density at radius 2 is 1.71 bits per heavy atom. The molecule has 0 fully saturated rings. The molecule has 0 spiro atoms. The van der Waals surface area contributed by atoms with Crippen molar-refractivity contribution in [2.45, 2.75) is 6.92 Å². The number of methoxy groups -OCH3 is 1. The first-order chi connectivity index (χ1) is 9.97. The van der Waals surface area contributed by atoms with E-state index in [0.717, 1.165) is 11.6 Å². The van der Waals surface area contributed by atoms with Gasteiger partial charge >= 0.3 is 0 Å². The molecule has 0 amide bonds. The maximum Gasteiger partial charge on any atom is 0.184 e. The second-order valence-electron chi connectivity index (χ2n) is 4.48. The third-order valence-electron chi connectivity index (χ3n) is 3.04. The lowest BCUT2D eigenvalue weighted by molar-refractivity contribution is 0.409. The zero-order chi connectivity index (χ0) is 15.6. The van der Waals surface area contributed by atoms with Gasteiger partial charge in [0, 0.05) is 13.1 Å². The largest absolute Gasteiger partial charge is 0.494 e. The van der Waals surface area contributed by atoms with E-state index >= 15 is 0 Å². The highest BCUT2D eigenvalue weighted by Crippen LogP contribution is 2.38. The molecule has 21 heavy (non-hydrogen) atoms. The van der Waals surface area contributed by atoms with Gasteiger partial charge < -0.3 is 15.4 Å². The summed E-state index contributed by atoms with van der Waals surface area (Å²) in [4.78, 5) is 0. The number of nitrogens with one attached hydrogen (secondary N) is 2. The van der Waals surface area contributed by atoms with Crippen LogP contribution in [0.3, 0.4) is 0 Å². The zero-order valence-electron chi connectivity index (χ0n) is 11.9. The van der Waals surface area contributed by atoms with E-state index in [2.05, 4.69) is 10.6 Å².